The average Bonchev–Trinajstić information content (AvgIpc) is 2.69. The third kappa shape index (κ3) is 4.61. The standard InChI is InChI=1S/C22H21ClN2O3/c1-22(2,28-18-12-10-16(23)11-13-18)21(27)25(15-17-7-5-6-14-24-17)19-8-3-4-9-20(19)26/h3-14,26H,15H2,1-2H3. The van der Waals surface area contributed by atoms with Crippen molar-refractivity contribution >= 4 is 23.2 Å². The molecule has 144 valence electrons. The van der Waals surface area contributed by atoms with Crippen LogP contribution >= 0.6 is 11.6 Å². The van der Waals surface area contributed by atoms with Crippen LogP contribution < -0.4 is 9.64 Å². The second-order valence-electron chi connectivity index (χ2n) is 6.77. The highest BCUT2D eigenvalue weighted by molar-refractivity contribution is 6.30. The fraction of sp³-hybridized carbons (Fsp3) is 0.182. The Morgan fingerprint density at radius 2 is 1.75 bits per heavy atom. The number of aromatic nitrogens is 1. The Bertz CT molecular complexity index is 944. The SMILES string of the molecule is CC(C)(Oc1ccc(Cl)cc1)C(=O)N(Cc1ccccn1)c1ccccc1O. The van der Waals surface area contributed by atoms with E-state index in [4.69, 9.17) is 16.3 Å². The number of ether oxygens (including phenoxy) is 1. The van der Waals surface area contributed by atoms with Crippen molar-refractivity contribution in [3.8, 4) is 11.5 Å². The number of pyridine rings is 1. The van der Waals surface area contributed by atoms with Gasteiger partial charge in [0.25, 0.3) is 5.91 Å². The van der Waals surface area contributed by atoms with Gasteiger partial charge in [-0.1, -0.05) is 29.8 Å². The first-order valence-corrected chi connectivity index (χ1v) is 9.19. The van der Waals surface area contributed by atoms with E-state index >= 15 is 0 Å². The van der Waals surface area contributed by atoms with Crippen LogP contribution in [0.25, 0.3) is 0 Å². The number of para-hydroxylation sites is 2. The van der Waals surface area contributed by atoms with Crippen LogP contribution in [0, 0.1) is 0 Å². The van der Waals surface area contributed by atoms with Crippen molar-refractivity contribution in [2.75, 3.05) is 4.90 Å². The van der Waals surface area contributed by atoms with Crippen LogP contribution in [0.2, 0.25) is 5.02 Å². The third-order valence-electron chi connectivity index (χ3n) is 4.17. The normalized spacial score (nSPS) is 11.1. The monoisotopic (exact) mass is 396 g/mol. The Morgan fingerprint density at radius 3 is 2.39 bits per heavy atom. The van der Waals surface area contributed by atoms with Crippen LogP contribution in [-0.4, -0.2) is 21.6 Å². The van der Waals surface area contributed by atoms with Crippen molar-refractivity contribution in [2.24, 2.45) is 0 Å². The predicted molar refractivity (Wildman–Crippen MR) is 110 cm³/mol. The minimum atomic E-state index is -1.19. The number of phenols is 1. The maximum Gasteiger partial charge on any atom is 0.271 e. The predicted octanol–water partition coefficient (Wildman–Crippen LogP) is 4.83. The molecule has 0 saturated carbocycles. The molecule has 28 heavy (non-hydrogen) atoms. The first-order chi connectivity index (χ1) is 13.4. The maximum absolute atomic E-state index is 13.4. The minimum Gasteiger partial charge on any atom is -0.506 e. The molecule has 6 heteroatoms. The first kappa shape index (κ1) is 19.7. The summed E-state index contributed by atoms with van der Waals surface area (Å²) in [5, 5.41) is 10.9. The number of phenolic OH excluding ortho intramolecular Hbond substituents is 1. The lowest BCUT2D eigenvalue weighted by atomic mass is 10.1. The number of aromatic hydroxyl groups is 1. The van der Waals surface area contributed by atoms with Crippen molar-refractivity contribution in [2.45, 2.75) is 26.0 Å². The van der Waals surface area contributed by atoms with Crippen LogP contribution in [0.4, 0.5) is 5.69 Å². The molecule has 3 aromatic rings. The Hall–Kier alpha value is -3.05. The van der Waals surface area contributed by atoms with Crippen molar-refractivity contribution in [1.82, 2.24) is 4.98 Å². The summed E-state index contributed by atoms with van der Waals surface area (Å²) < 4.78 is 5.95. The van der Waals surface area contributed by atoms with Crippen LogP contribution in [0.15, 0.2) is 72.9 Å². The number of nitrogens with zero attached hydrogens (tertiary/aromatic N) is 2. The molecule has 0 radical (unpaired) electrons. The highest BCUT2D eigenvalue weighted by atomic mass is 35.5. The zero-order chi connectivity index (χ0) is 20.1. The number of halogens is 1. The maximum atomic E-state index is 13.4. The summed E-state index contributed by atoms with van der Waals surface area (Å²) in [5.74, 6) is 0.224. The number of rotatable bonds is 6. The quantitative estimate of drug-likeness (QED) is 0.648. The van der Waals surface area contributed by atoms with Gasteiger partial charge in [0, 0.05) is 11.2 Å². The number of carbonyl (C=O) groups is 1. The van der Waals surface area contributed by atoms with Crippen molar-refractivity contribution in [3.05, 3.63) is 83.6 Å². The number of hydrogen-bond acceptors (Lipinski definition) is 4. The summed E-state index contributed by atoms with van der Waals surface area (Å²) in [6.45, 7) is 3.58. The third-order valence-corrected chi connectivity index (χ3v) is 4.42. The van der Waals surface area contributed by atoms with E-state index in [1.54, 1.807) is 68.6 Å². The van der Waals surface area contributed by atoms with Gasteiger partial charge in [0.1, 0.15) is 11.5 Å². The Labute approximate surface area is 169 Å². The zero-order valence-electron chi connectivity index (χ0n) is 15.7. The molecule has 5 nitrogen and oxygen atoms in total. The van der Waals surface area contributed by atoms with Crippen molar-refractivity contribution in [1.29, 1.82) is 0 Å². The van der Waals surface area contributed by atoms with Gasteiger partial charge < -0.3 is 9.84 Å². The molecule has 1 aromatic heterocycles. The molecule has 0 fully saturated rings. The van der Waals surface area contributed by atoms with E-state index in [0.29, 0.717) is 22.2 Å². The molecule has 0 unspecified atom stereocenters. The summed E-state index contributed by atoms with van der Waals surface area (Å²) in [6, 6.07) is 19.0. The van der Waals surface area contributed by atoms with Gasteiger partial charge in [-0.3, -0.25) is 14.7 Å². The van der Waals surface area contributed by atoms with Crippen molar-refractivity contribution < 1.29 is 14.6 Å². The first-order valence-electron chi connectivity index (χ1n) is 8.81. The van der Waals surface area contributed by atoms with Gasteiger partial charge in [0.2, 0.25) is 0 Å². The fourth-order valence-electron chi connectivity index (χ4n) is 2.78. The molecule has 0 aliphatic heterocycles. The topological polar surface area (TPSA) is 62.7 Å². The highest BCUT2D eigenvalue weighted by Gasteiger charge is 2.36. The van der Waals surface area contributed by atoms with Gasteiger partial charge in [0.15, 0.2) is 5.60 Å². The largest absolute Gasteiger partial charge is 0.506 e. The molecular weight excluding hydrogens is 376 g/mol. The smallest absolute Gasteiger partial charge is 0.271 e. The summed E-state index contributed by atoms with van der Waals surface area (Å²) in [7, 11) is 0. The lowest BCUT2D eigenvalue weighted by molar-refractivity contribution is -0.131. The molecule has 0 atom stereocenters. The molecule has 0 spiro atoms. The van der Waals surface area contributed by atoms with Crippen LogP contribution in [0.1, 0.15) is 19.5 Å². The summed E-state index contributed by atoms with van der Waals surface area (Å²) >= 11 is 5.92. The van der Waals surface area contributed by atoms with Gasteiger partial charge >= 0.3 is 0 Å². The van der Waals surface area contributed by atoms with Crippen LogP contribution in [0.3, 0.4) is 0 Å². The van der Waals surface area contributed by atoms with E-state index in [2.05, 4.69) is 4.98 Å². The summed E-state index contributed by atoms with van der Waals surface area (Å²) in [5.41, 5.74) is -0.0995. The molecule has 0 aliphatic rings. The van der Waals surface area contributed by atoms with Crippen LogP contribution in [-0.2, 0) is 11.3 Å². The number of benzene rings is 2. The van der Waals surface area contributed by atoms with E-state index in [1.807, 2.05) is 18.2 Å². The van der Waals surface area contributed by atoms with E-state index in [9.17, 15) is 9.90 Å². The Balaban J connectivity index is 1.92. The minimum absolute atomic E-state index is 0.00840. The van der Waals surface area contributed by atoms with Gasteiger partial charge in [-0.05, 0) is 62.4 Å². The number of hydrogen-bond donors (Lipinski definition) is 1. The van der Waals surface area contributed by atoms with Crippen LogP contribution in [0.5, 0.6) is 11.5 Å². The Morgan fingerprint density at radius 1 is 1.07 bits per heavy atom. The zero-order valence-corrected chi connectivity index (χ0v) is 16.4. The second kappa shape index (κ2) is 8.31. The molecule has 3 rings (SSSR count). The van der Waals surface area contributed by atoms with E-state index in [0.717, 1.165) is 0 Å². The Kier molecular flexibility index (Phi) is 5.85. The summed E-state index contributed by atoms with van der Waals surface area (Å²) in [4.78, 5) is 19.2. The molecule has 1 amide bonds. The molecule has 0 bridgehead atoms. The van der Waals surface area contributed by atoms with E-state index in [1.165, 1.54) is 4.90 Å². The second-order valence-corrected chi connectivity index (χ2v) is 7.20. The van der Waals surface area contributed by atoms with Gasteiger partial charge in [0.05, 0.1) is 17.9 Å². The molecule has 1 N–H and O–H groups in total. The highest BCUT2D eigenvalue weighted by Crippen LogP contribution is 2.31. The van der Waals surface area contributed by atoms with E-state index in [-0.39, 0.29) is 18.2 Å². The number of carbonyl (C=O) groups excluding carboxylic acids is 1. The lowest BCUT2D eigenvalue weighted by Crippen LogP contribution is -2.49. The molecule has 0 saturated heterocycles. The number of amides is 1. The molecule has 2 aromatic carbocycles. The fourth-order valence-corrected chi connectivity index (χ4v) is 2.90. The molecular formula is C22H21ClN2O3. The summed E-state index contributed by atoms with van der Waals surface area (Å²) in [6.07, 6.45) is 1.66. The number of anilines is 1. The van der Waals surface area contributed by atoms with Gasteiger partial charge in [-0.25, -0.2) is 0 Å². The van der Waals surface area contributed by atoms with Gasteiger partial charge in [-0.2, -0.15) is 0 Å². The lowest BCUT2D eigenvalue weighted by Gasteiger charge is -2.32. The van der Waals surface area contributed by atoms with Crippen molar-refractivity contribution in [3.63, 3.8) is 0 Å². The van der Waals surface area contributed by atoms with E-state index < -0.39 is 5.60 Å². The molecule has 1 heterocycles. The van der Waals surface area contributed by atoms with Gasteiger partial charge in [-0.15, -0.1) is 0 Å². The average molecular weight is 397 g/mol. The molecule has 0 aliphatic carbocycles.